The number of benzene rings is 1. The number of carbonyl (C=O) groups is 1. The summed E-state index contributed by atoms with van der Waals surface area (Å²) in [5.74, 6) is -3.24. The van der Waals surface area contributed by atoms with Gasteiger partial charge in [0.1, 0.15) is 5.69 Å². The lowest BCUT2D eigenvalue weighted by Gasteiger charge is -2.37. The van der Waals surface area contributed by atoms with E-state index in [0.29, 0.717) is 25.0 Å². The Labute approximate surface area is 112 Å². The van der Waals surface area contributed by atoms with Crippen molar-refractivity contribution in [3.63, 3.8) is 0 Å². The minimum absolute atomic E-state index is 0.117. The number of carboxylic acids is 1. The monoisotopic (exact) mass is 286 g/mol. The molecule has 0 heterocycles. The molecule has 1 fully saturated rings. The van der Waals surface area contributed by atoms with Gasteiger partial charge in [0.25, 0.3) is 5.69 Å². The number of nitro groups is 1. The first-order valence-electron chi connectivity index (χ1n) is 5.96. The molecule has 20 heavy (non-hydrogen) atoms. The maximum absolute atomic E-state index is 13.6. The highest BCUT2D eigenvalue weighted by Crippen LogP contribution is 2.41. The van der Waals surface area contributed by atoms with Gasteiger partial charge in [0.15, 0.2) is 11.6 Å². The molecule has 0 saturated heterocycles. The summed E-state index contributed by atoms with van der Waals surface area (Å²) in [4.78, 5) is 20.7. The van der Waals surface area contributed by atoms with Gasteiger partial charge in [0.2, 0.25) is 0 Å². The highest BCUT2D eigenvalue weighted by atomic mass is 19.1. The van der Waals surface area contributed by atoms with Gasteiger partial charge in [-0.05, 0) is 12.8 Å². The number of nitrogens with zero attached hydrogens (tertiary/aromatic N) is 1. The van der Waals surface area contributed by atoms with Gasteiger partial charge in [-0.15, -0.1) is 0 Å². The Hall–Kier alpha value is -2.25. The third kappa shape index (κ3) is 2.40. The lowest BCUT2D eigenvalue weighted by molar-refractivity contribution is -0.385. The highest BCUT2D eigenvalue weighted by molar-refractivity contribution is 5.76. The topological polar surface area (TPSA) is 92.5 Å². The second kappa shape index (κ2) is 5.03. The predicted molar refractivity (Wildman–Crippen MR) is 65.4 cm³/mol. The molecule has 1 aromatic rings. The fraction of sp³-hybridized carbons (Fsp3) is 0.417. The zero-order chi connectivity index (χ0) is 14.9. The quantitative estimate of drug-likeness (QED) is 0.641. The smallest absolute Gasteiger partial charge is 0.311 e. The molecule has 0 aromatic heterocycles. The molecule has 108 valence electrons. The molecular formula is C12H12F2N2O4. The van der Waals surface area contributed by atoms with Gasteiger partial charge in [-0.3, -0.25) is 14.9 Å². The van der Waals surface area contributed by atoms with Crippen molar-refractivity contribution in [1.82, 2.24) is 0 Å². The third-order valence-electron chi connectivity index (χ3n) is 3.61. The Morgan fingerprint density at radius 1 is 1.40 bits per heavy atom. The summed E-state index contributed by atoms with van der Waals surface area (Å²) in [5.41, 5.74) is -2.24. The maximum Gasteiger partial charge on any atom is 0.311 e. The Balaban J connectivity index is 2.18. The molecule has 0 aliphatic heterocycles. The molecular weight excluding hydrogens is 274 g/mol. The van der Waals surface area contributed by atoms with Crippen molar-refractivity contribution in [2.45, 2.75) is 19.3 Å². The van der Waals surface area contributed by atoms with Gasteiger partial charge < -0.3 is 10.4 Å². The number of rotatable bonds is 5. The lowest BCUT2D eigenvalue weighted by Crippen LogP contribution is -2.43. The molecule has 0 spiro atoms. The normalized spacial score (nSPS) is 16.3. The molecule has 0 radical (unpaired) electrons. The van der Waals surface area contributed by atoms with E-state index in [1.165, 1.54) is 0 Å². The van der Waals surface area contributed by atoms with E-state index in [-0.39, 0.29) is 6.54 Å². The van der Waals surface area contributed by atoms with E-state index in [1.54, 1.807) is 0 Å². The standard InChI is InChI=1S/C12H12F2N2O4/c13-8-4-7(16(19)20)5-9(14)10(8)15-6-12(11(17)18)2-1-3-12/h4-5,15H,1-3,6H2,(H,17,18). The number of anilines is 1. The van der Waals surface area contributed by atoms with Gasteiger partial charge in [-0.25, -0.2) is 8.78 Å². The molecule has 1 aromatic carbocycles. The average molecular weight is 286 g/mol. The van der Waals surface area contributed by atoms with Gasteiger partial charge in [-0.1, -0.05) is 6.42 Å². The molecule has 0 amide bonds. The summed E-state index contributed by atoms with van der Waals surface area (Å²) < 4.78 is 27.2. The Morgan fingerprint density at radius 2 is 1.95 bits per heavy atom. The van der Waals surface area contributed by atoms with E-state index in [9.17, 15) is 23.7 Å². The summed E-state index contributed by atoms with van der Waals surface area (Å²) in [5, 5.41) is 22.0. The second-order valence-corrected chi connectivity index (χ2v) is 4.83. The zero-order valence-corrected chi connectivity index (χ0v) is 10.4. The van der Waals surface area contributed by atoms with Crippen LogP contribution in [0.4, 0.5) is 20.2 Å². The van der Waals surface area contributed by atoms with Crippen LogP contribution in [0.2, 0.25) is 0 Å². The number of nitro benzene ring substituents is 1. The molecule has 6 nitrogen and oxygen atoms in total. The van der Waals surface area contributed by atoms with Crippen LogP contribution in [0.3, 0.4) is 0 Å². The van der Waals surface area contributed by atoms with Crippen molar-refractivity contribution in [3.8, 4) is 0 Å². The fourth-order valence-corrected chi connectivity index (χ4v) is 2.16. The molecule has 0 atom stereocenters. The van der Waals surface area contributed by atoms with E-state index in [4.69, 9.17) is 5.11 Å². The SMILES string of the molecule is O=C(O)C1(CNc2c(F)cc([N+](=O)[O-])cc2F)CCC1. The van der Waals surface area contributed by atoms with E-state index >= 15 is 0 Å². The minimum atomic E-state index is -1.11. The van der Waals surface area contributed by atoms with Crippen molar-refractivity contribution < 1.29 is 23.6 Å². The number of carboxylic acid groups (broad SMARTS) is 1. The van der Waals surface area contributed by atoms with Crippen LogP contribution in [0.25, 0.3) is 0 Å². The number of non-ortho nitro benzene ring substituents is 1. The van der Waals surface area contributed by atoms with Crippen LogP contribution in [0.5, 0.6) is 0 Å². The number of hydrogen-bond acceptors (Lipinski definition) is 4. The Bertz CT molecular complexity index is 550. The Kier molecular flexibility index (Phi) is 3.56. The average Bonchev–Trinajstić information content (AvgIpc) is 2.29. The molecule has 2 N–H and O–H groups in total. The van der Waals surface area contributed by atoms with Crippen LogP contribution in [-0.4, -0.2) is 22.5 Å². The minimum Gasteiger partial charge on any atom is -0.481 e. The first-order valence-corrected chi connectivity index (χ1v) is 5.96. The molecule has 1 aliphatic carbocycles. The fourth-order valence-electron chi connectivity index (χ4n) is 2.16. The van der Waals surface area contributed by atoms with Crippen LogP contribution in [0.1, 0.15) is 19.3 Å². The Morgan fingerprint density at radius 3 is 2.30 bits per heavy atom. The highest BCUT2D eigenvalue weighted by Gasteiger charge is 2.44. The summed E-state index contributed by atoms with van der Waals surface area (Å²) in [6, 6.07) is 1.19. The summed E-state index contributed by atoms with van der Waals surface area (Å²) in [6.45, 7) is -0.117. The third-order valence-corrected chi connectivity index (χ3v) is 3.61. The van der Waals surface area contributed by atoms with E-state index in [0.717, 1.165) is 6.42 Å². The van der Waals surface area contributed by atoms with E-state index in [2.05, 4.69) is 5.32 Å². The number of aliphatic carboxylic acids is 1. The van der Waals surface area contributed by atoms with E-state index < -0.39 is 39.3 Å². The van der Waals surface area contributed by atoms with Crippen molar-refractivity contribution in [3.05, 3.63) is 33.9 Å². The second-order valence-electron chi connectivity index (χ2n) is 4.83. The predicted octanol–water partition coefficient (Wildman–Crippen LogP) is 2.54. The summed E-state index contributed by atoms with van der Waals surface area (Å²) in [6.07, 6.45) is 1.62. The first kappa shape index (κ1) is 14.2. The van der Waals surface area contributed by atoms with Crippen molar-refractivity contribution in [2.24, 2.45) is 5.41 Å². The maximum atomic E-state index is 13.6. The molecule has 2 rings (SSSR count). The molecule has 8 heteroatoms. The van der Waals surface area contributed by atoms with Crippen LogP contribution >= 0.6 is 0 Å². The first-order chi connectivity index (χ1) is 9.35. The molecule has 0 unspecified atom stereocenters. The van der Waals surface area contributed by atoms with E-state index in [1.807, 2.05) is 0 Å². The van der Waals surface area contributed by atoms with Crippen molar-refractivity contribution in [2.75, 3.05) is 11.9 Å². The number of halogens is 2. The van der Waals surface area contributed by atoms with Crippen molar-refractivity contribution in [1.29, 1.82) is 0 Å². The van der Waals surface area contributed by atoms with Gasteiger partial charge in [-0.2, -0.15) is 0 Å². The van der Waals surface area contributed by atoms with Gasteiger partial charge >= 0.3 is 5.97 Å². The van der Waals surface area contributed by atoms with Crippen molar-refractivity contribution >= 4 is 17.3 Å². The van der Waals surface area contributed by atoms with Crippen LogP contribution in [0, 0.1) is 27.2 Å². The number of hydrogen-bond donors (Lipinski definition) is 2. The molecule has 1 aliphatic rings. The van der Waals surface area contributed by atoms with Crippen LogP contribution in [0.15, 0.2) is 12.1 Å². The summed E-state index contributed by atoms with van der Waals surface area (Å²) in [7, 11) is 0. The summed E-state index contributed by atoms with van der Waals surface area (Å²) >= 11 is 0. The number of nitrogens with one attached hydrogen (secondary N) is 1. The molecule has 0 bridgehead atoms. The largest absolute Gasteiger partial charge is 0.481 e. The zero-order valence-electron chi connectivity index (χ0n) is 10.4. The molecule has 1 saturated carbocycles. The van der Waals surface area contributed by atoms with Crippen LogP contribution in [-0.2, 0) is 4.79 Å². The van der Waals surface area contributed by atoms with Gasteiger partial charge in [0.05, 0.1) is 22.5 Å². The van der Waals surface area contributed by atoms with Gasteiger partial charge in [0, 0.05) is 6.54 Å². The van der Waals surface area contributed by atoms with Crippen LogP contribution < -0.4 is 5.32 Å². The lowest BCUT2D eigenvalue weighted by atomic mass is 9.69.